The second-order valence-electron chi connectivity index (χ2n) is 6.44. The molecule has 1 saturated carbocycles. The number of ether oxygens (including phenoxy) is 1. The lowest BCUT2D eigenvalue weighted by Gasteiger charge is -2.58. The van der Waals surface area contributed by atoms with Gasteiger partial charge in [0.05, 0.1) is 5.41 Å². The van der Waals surface area contributed by atoms with Gasteiger partial charge in [-0.25, -0.2) is 4.79 Å². The molecule has 5 nitrogen and oxygen atoms in total. The van der Waals surface area contributed by atoms with Crippen LogP contribution in [-0.2, 0) is 14.3 Å². The summed E-state index contributed by atoms with van der Waals surface area (Å²) in [6, 6.07) is 0. The number of ketones is 1. The Kier molecular flexibility index (Phi) is 2.43. The van der Waals surface area contributed by atoms with Gasteiger partial charge in [-0.05, 0) is 38.8 Å². The summed E-state index contributed by atoms with van der Waals surface area (Å²) in [5.74, 6) is -1.17. The van der Waals surface area contributed by atoms with Gasteiger partial charge in [-0.2, -0.15) is 0 Å². The molecular weight excluding hydrogens is 260 g/mol. The summed E-state index contributed by atoms with van der Waals surface area (Å²) in [5, 5.41) is 21.8. The molecule has 20 heavy (non-hydrogen) atoms. The van der Waals surface area contributed by atoms with Crippen LogP contribution >= 0.6 is 0 Å². The molecule has 0 spiro atoms. The number of rotatable bonds is 0. The summed E-state index contributed by atoms with van der Waals surface area (Å²) in [6.07, 6.45) is 2.56. The predicted octanol–water partition coefficient (Wildman–Crippen LogP) is 0.505. The Balaban J connectivity index is 2.20. The van der Waals surface area contributed by atoms with E-state index in [9.17, 15) is 19.8 Å². The van der Waals surface area contributed by atoms with Crippen molar-refractivity contribution in [1.82, 2.24) is 0 Å². The molecule has 108 valence electrons. The molecule has 0 aromatic rings. The molecule has 2 aliphatic carbocycles. The number of fused-ring (bicyclic) bond motifs is 3. The molecule has 0 amide bonds. The summed E-state index contributed by atoms with van der Waals surface area (Å²) in [7, 11) is 0. The van der Waals surface area contributed by atoms with Crippen molar-refractivity contribution in [3.05, 3.63) is 24.3 Å². The first kappa shape index (κ1) is 13.5. The third kappa shape index (κ3) is 1.25. The second kappa shape index (κ2) is 3.59. The van der Waals surface area contributed by atoms with Crippen molar-refractivity contribution in [2.45, 2.75) is 44.0 Å². The maximum Gasteiger partial charge on any atom is 0.334 e. The van der Waals surface area contributed by atoms with Gasteiger partial charge in [0.15, 0.2) is 5.78 Å². The van der Waals surface area contributed by atoms with Gasteiger partial charge in [-0.3, -0.25) is 4.79 Å². The van der Waals surface area contributed by atoms with E-state index in [1.54, 1.807) is 6.92 Å². The molecule has 3 rings (SSSR count). The van der Waals surface area contributed by atoms with Crippen LogP contribution in [0.4, 0.5) is 0 Å². The maximum atomic E-state index is 12.3. The first-order valence-corrected chi connectivity index (χ1v) is 6.73. The zero-order valence-electron chi connectivity index (χ0n) is 11.5. The first-order chi connectivity index (χ1) is 9.15. The predicted molar refractivity (Wildman–Crippen MR) is 69.6 cm³/mol. The van der Waals surface area contributed by atoms with Gasteiger partial charge in [0.1, 0.15) is 17.3 Å². The molecule has 0 radical (unpaired) electrons. The third-order valence-corrected chi connectivity index (χ3v) is 5.39. The number of carbonyl (C=O) groups excluding carboxylic acids is 2. The zero-order chi connectivity index (χ0) is 14.9. The lowest BCUT2D eigenvalue weighted by molar-refractivity contribution is -0.253. The van der Waals surface area contributed by atoms with Crippen molar-refractivity contribution < 1.29 is 24.5 Å². The van der Waals surface area contributed by atoms with Crippen LogP contribution in [0.1, 0.15) is 26.7 Å². The van der Waals surface area contributed by atoms with Crippen LogP contribution < -0.4 is 0 Å². The van der Waals surface area contributed by atoms with Crippen LogP contribution in [0.25, 0.3) is 0 Å². The van der Waals surface area contributed by atoms with Crippen molar-refractivity contribution in [1.29, 1.82) is 0 Å². The highest BCUT2D eigenvalue weighted by atomic mass is 16.6. The van der Waals surface area contributed by atoms with Crippen LogP contribution in [0.15, 0.2) is 24.3 Å². The topological polar surface area (TPSA) is 83.8 Å². The second-order valence-corrected chi connectivity index (χ2v) is 6.44. The third-order valence-electron chi connectivity index (χ3n) is 5.39. The molecule has 1 aliphatic heterocycles. The Morgan fingerprint density at radius 1 is 1.35 bits per heavy atom. The molecule has 0 unspecified atom stereocenters. The van der Waals surface area contributed by atoms with Crippen molar-refractivity contribution >= 4 is 11.8 Å². The molecule has 1 heterocycles. The lowest BCUT2D eigenvalue weighted by atomic mass is 9.50. The van der Waals surface area contributed by atoms with Crippen LogP contribution in [0.5, 0.6) is 0 Å². The van der Waals surface area contributed by atoms with Gasteiger partial charge in [0, 0.05) is 11.5 Å². The van der Waals surface area contributed by atoms with Gasteiger partial charge in [0.2, 0.25) is 0 Å². The average molecular weight is 278 g/mol. The fourth-order valence-corrected chi connectivity index (χ4v) is 3.96. The molecule has 1 saturated heterocycles. The Morgan fingerprint density at radius 3 is 2.65 bits per heavy atom. The number of aliphatic hydroxyl groups is 2. The van der Waals surface area contributed by atoms with Gasteiger partial charge in [-0.1, -0.05) is 6.58 Å². The van der Waals surface area contributed by atoms with Gasteiger partial charge >= 0.3 is 5.97 Å². The molecule has 0 aromatic heterocycles. The standard InChI is InChI=1S/C15H18O5/c1-8-9-4-6-13(2)10(16)5-7-14(3,18)15(13,19)11(9)20-12(8)17/h5,7,9,11,18-19H,1,4,6H2,2-3H3/t9-,11+,13-,14-,15-/m0/s1. The molecule has 5 heteroatoms. The summed E-state index contributed by atoms with van der Waals surface area (Å²) < 4.78 is 5.26. The van der Waals surface area contributed by atoms with Crippen molar-refractivity contribution in [2.75, 3.05) is 0 Å². The van der Waals surface area contributed by atoms with Crippen LogP contribution in [-0.4, -0.2) is 39.3 Å². The smallest absolute Gasteiger partial charge is 0.334 e. The number of allylic oxidation sites excluding steroid dienone is 1. The van der Waals surface area contributed by atoms with Crippen LogP contribution in [0.2, 0.25) is 0 Å². The van der Waals surface area contributed by atoms with Gasteiger partial charge < -0.3 is 14.9 Å². The van der Waals surface area contributed by atoms with E-state index < -0.39 is 28.7 Å². The van der Waals surface area contributed by atoms with E-state index >= 15 is 0 Å². The van der Waals surface area contributed by atoms with Crippen LogP contribution in [0, 0.1) is 11.3 Å². The van der Waals surface area contributed by atoms with E-state index in [2.05, 4.69) is 6.58 Å². The van der Waals surface area contributed by atoms with E-state index in [0.717, 1.165) is 0 Å². The largest absolute Gasteiger partial charge is 0.455 e. The van der Waals surface area contributed by atoms with Crippen molar-refractivity contribution in [3.63, 3.8) is 0 Å². The SMILES string of the molecule is C=C1C(=O)O[C@@H]2[C@H]1CC[C@@]1(C)C(=O)C=C[C@](C)(O)[C@]21O. The summed E-state index contributed by atoms with van der Waals surface area (Å²) >= 11 is 0. The number of esters is 1. The Hall–Kier alpha value is -1.46. The minimum absolute atomic E-state index is 0.251. The molecule has 2 N–H and O–H groups in total. The van der Waals surface area contributed by atoms with Crippen molar-refractivity contribution in [2.24, 2.45) is 11.3 Å². The summed E-state index contributed by atoms with van der Waals surface area (Å²) in [6.45, 7) is 6.77. The molecule has 2 fully saturated rings. The highest BCUT2D eigenvalue weighted by Gasteiger charge is 2.72. The number of hydrogen-bond donors (Lipinski definition) is 2. The molecular formula is C15H18O5. The number of carbonyl (C=O) groups is 2. The quantitative estimate of drug-likeness (QED) is 0.498. The molecule has 0 aromatic carbocycles. The Labute approximate surface area is 116 Å². The van der Waals surface area contributed by atoms with Gasteiger partial charge in [0.25, 0.3) is 0 Å². The van der Waals surface area contributed by atoms with E-state index in [0.29, 0.717) is 18.4 Å². The monoisotopic (exact) mass is 278 g/mol. The number of hydrogen-bond acceptors (Lipinski definition) is 5. The summed E-state index contributed by atoms with van der Waals surface area (Å²) in [4.78, 5) is 24.0. The van der Waals surface area contributed by atoms with E-state index in [1.165, 1.54) is 19.1 Å². The first-order valence-electron chi connectivity index (χ1n) is 6.73. The van der Waals surface area contributed by atoms with Crippen molar-refractivity contribution in [3.8, 4) is 0 Å². The normalized spacial score (nSPS) is 50.7. The summed E-state index contributed by atoms with van der Waals surface area (Å²) in [5.41, 5.74) is -4.35. The van der Waals surface area contributed by atoms with Gasteiger partial charge in [-0.15, -0.1) is 0 Å². The fraction of sp³-hybridized carbons (Fsp3) is 0.600. The molecule has 0 bridgehead atoms. The maximum absolute atomic E-state index is 12.3. The minimum atomic E-state index is -1.84. The highest BCUT2D eigenvalue weighted by Crippen LogP contribution is 2.58. The van der Waals surface area contributed by atoms with E-state index in [1.807, 2.05) is 0 Å². The highest BCUT2D eigenvalue weighted by molar-refractivity contribution is 5.98. The average Bonchev–Trinajstić information content (AvgIpc) is 2.67. The molecule has 3 aliphatic rings. The minimum Gasteiger partial charge on any atom is -0.455 e. The zero-order valence-corrected chi connectivity index (χ0v) is 11.5. The Bertz CT molecular complexity index is 561. The van der Waals surface area contributed by atoms with E-state index in [4.69, 9.17) is 4.74 Å². The molecule has 5 atom stereocenters. The van der Waals surface area contributed by atoms with E-state index in [-0.39, 0.29) is 11.7 Å². The Morgan fingerprint density at radius 2 is 2.00 bits per heavy atom. The van der Waals surface area contributed by atoms with Crippen LogP contribution in [0.3, 0.4) is 0 Å². The lowest BCUT2D eigenvalue weighted by Crippen LogP contribution is -2.73. The fourth-order valence-electron chi connectivity index (χ4n) is 3.96.